The third-order valence-corrected chi connectivity index (χ3v) is 4.27. The van der Waals surface area contributed by atoms with E-state index in [-0.39, 0.29) is 0 Å². The lowest BCUT2D eigenvalue weighted by Gasteiger charge is -2.37. The average molecular weight is 224 g/mol. The SMILES string of the molecule is CCCN(CC1CC1)C1CCCC(NC)C1. The van der Waals surface area contributed by atoms with Crippen molar-refractivity contribution >= 4 is 0 Å². The molecule has 0 aliphatic heterocycles. The summed E-state index contributed by atoms with van der Waals surface area (Å²) >= 11 is 0. The molecule has 0 aromatic carbocycles. The van der Waals surface area contributed by atoms with Crippen molar-refractivity contribution in [1.29, 1.82) is 0 Å². The van der Waals surface area contributed by atoms with Crippen LogP contribution < -0.4 is 5.32 Å². The molecule has 2 saturated carbocycles. The lowest BCUT2D eigenvalue weighted by Crippen LogP contribution is -2.44. The molecule has 2 heteroatoms. The Morgan fingerprint density at radius 3 is 2.62 bits per heavy atom. The first-order chi connectivity index (χ1) is 7.83. The van der Waals surface area contributed by atoms with Crippen LogP contribution in [0.1, 0.15) is 51.9 Å². The molecule has 0 amide bonds. The van der Waals surface area contributed by atoms with E-state index in [9.17, 15) is 0 Å². The number of nitrogens with zero attached hydrogens (tertiary/aromatic N) is 1. The molecule has 0 saturated heterocycles. The minimum atomic E-state index is 0.775. The van der Waals surface area contributed by atoms with Crippen molar-refractivity contribution in [2.75, 3.05) is 20.1 Å². The highest BCUT2D eigenvalue weighted by Crippen LogP contribution is 2.32. The molecule has 0 radical (unpaired) electrons. The van der Waals surface area contributed by atoms with E-state index in [2.05, 4.69) is 24.2 Å². The molecule has 0 aromatic rings. The fraction of sp³-hybridized carbons (Fsp3) is 1.00. The summed E-state index contributed by atoms with van der Waals surface area (Å²) in [6.45, 7) is 5.02. The van der Waals surface area contributed by atoms with Crippen LogP contribution >= 0.6 is 0 Å². The van der Waals surface area contributed by atoms with Crippen LogP contribution in [0.25, 0.3) is 0 Å². The predicted octanol–water partition coefficient (Wildman–Crippen LogP) is 2.64. The van der Waals surface area contributed by atoms with Gasteiger partial charge >= 0.3 is 0 Å². The zero-order valence-electron chi connectivity index (χ0n) is 11.0. The van der Waals surface area contributed by atoms with Gasteiger partial charge < -0.3 is 10.2 Å². The van der Waals surface area contributed by atoms with Crippen molar-refractivity contribution in [3.8, 4) is 0 Å². The van der Waals surface area contributed by atoms with Crippen molar-refractivity contribution in [1.82, 2.24) is 10.2 Å². The smallest absolute Gasteiger partial charge is 0.0110 e. The Kier molecular flexibility index (Phi) is 4.66. The first-order valence-electron chi connectivity index (χ1n) is 7.24. The molecule has 2 fully saturated rings. The van der Waals surface area contributed by atoms with Gasteiger partial charge in [0, 0.05) is 18.6 Å². The molecule has 0 heterocycles. The topological polar surface area (TPSA) is 15.3 Å². The van der Waals surface area contributed by atoms with Crippen LogP contribution in [0.2, 0.25) is 0 Å². The Morgan fingerprint density at radius 1 is 1.19 bits per heavy atom. The Balaban J connectivity index is 1.84. The van der Waals surface area contributed by atoms with Gasteiger partial charge in [-0.1, -0.05) is 13.3 Å². The van der Waals surface area contributed by atoms with Crippen LogP contribution in [0.3, 0.4) is 0 Å². The van der Waals surface area contributed by atoms with Gasteiger partial charge in [0.2, 0.25) is 0 Å². The summed E-state index contributed by atoms with van der Waals surface area (Å²) in [5, 5.41) is 3.47. The van der Waals surface area contributed by atoms with Gasteiger partial charge in [0.15, 0.2) is 0 Å². The highest BCUT2D eigenvalue weighted by Gasteiger charge is 2.30. The number of nitrogens with one attached hydrogen (secondary N) is 1. The maximum absolute atomic E-state index is 3.47. The van der Waals surface area contributed by atoms with Gasteiger partial charge in [0.25, 0.3) is 0 Å². The molecule has 2 aliphatic carbocycles. The third-order valence-electron chi connectivity index (χ3n) is 4.27. The highest BCUT2D eigenvalue weighted by atomic mass is 15.2. The second-order valence-corrected chi connectivity index (χ2v) is 5.74. The van der Waals surface area contributed by atoms with Crippen LogP contribution in [0.15, 0.2) is 0 Å². The normalized spacial score (nSPS) is 30.9. The van der Waals surface area contributed by atoms with Crippen molar-refractivity contribution in [3.63, 3.8) is 0 Å². The van der Waals surface area contributed by atoms with E-state index in [1.807, 2.05) is 0 Å². The Bertz CT molecular complexity index is 201. The van der Waals surface area contributed by atoms with Crippen LogP contribution in [-0.2, 0) is 0 Å². The number of hydrogen-bond acceptors (Lipinski definition) is 2. The molecular formula is C14H28N2. The summed E-state index contributed by atoms with van der Waals surface area (Å²) < 4.78 is 0. The predicted molar refractivity (Wildman–Crippen MR) is 69.7 cm³/mol. The minimum absolute atomic E-state index is 0.775. The lowest BCUT2D eigenvalue weighted by atomic mass is 9.89. The molecule has 0 bridgehead atoms. The standard InChI is InChI=1S/C14H28N2/c1-3-9-16(11-12-7-8-12)14-6-4-5-13(10-14)15-2/h12-15H,3-11H2,1-2H3. The fourth-order valence-corrected chi connectivity index (χ4v) is 3.10. The summed E-state index contributed by atoms with van der Waals surface area (Å²) in [6, 6.07) is 1.64. The van der Waals surface area contributed by atoms with Gasteiger partial charge in [-0.25, -0.2) is 0 Å². The van der Waals surface area contributed by atoms with Crippen molar-refractivity contribution in [2.45, 2.75) is 64.0 Å². The largest absolute Gasteiger partial charge is 0.317 e. The van der Waals surface area contributed by atoms with E-state index in [1.165, 1.54) is 58.0 Å². The molecule has 94 valence electrons. The quantitative estimate of drug-likeness (QED) is 0.746. The second-order valence-electron chi connectivity index (χ2n) is 5.74. The summed E-state index contributed by atoms with van der Waals surface area (Å²) in [4.78, 5) is 2.79. The minimum Gasteiger partial charge on any atom is -0.317 e. The maximum atomic E-state index is 3.47. The third kappa shape index (κ3) is 3.46. The van der Waals surface area contributed by atoms with Crippen LogP contribution in [0.5, 0.6) is 0 Å². The van der Waals surface area contributed by atoms with Crippen molar-refractivity contribution in [3.05, 3.63) is 0 Å². The Labute approximate surface area is 101 Å². The molecule has 2 atom stereocenters. The molecule has 2 aliphatic rings. The molecule has 16 heavy (non-hydrogen) atoms. The van der Waals surface area contributed by atoms with E-state index in [0.29, 0.717) is 0 Å². The van der Waals surface area contributed by atoms with E-state index in [4.69, 9.17) is 0 Å². The van der Waals surface area contributed by atoms with E-state index >= 15 is 0 Å². The monoisotopic (exact) mass is 224 g/mol. The molecule has 0 spiro atoms. The van der Waals surface area contributed by atoms with Crippen LogP contribution in [0, 0.1) is 5.92 Å². The van der Waals surface area contributed by atoms with E-state index < -0.39 is 0 Å². The van der Waals surface area contributed by atoms with Gasteiger partial charge in [-0.3, -0.25) is 0 Å². The molecule has 2 unspecified atom stereocenters. The molecule has 2 rings (SSSR count). The summed E-state index contributed by atoms with van der Waals surface area (Å²) in [5.41, 5.74) is 0. The first-order valence-corrected chi connectivity index (χ1v) is 7.24. The van der Waals surface area contributed by atoms with Gasteiger partial charge in [-0.15, -0.1) is 0 Å². The van der Waals surface area contributed by atoms with Gasteiger partial charge in [-0.05, 0) is 58.0 Å². The maximum Gasteiger partial charge on any atom is 0.0110 e. The van der Waals surface area contributed by atoms with E-state index in [0.717, 1.165) is 18.0 Å². The summed E-state index contributed by atoms with van der Waals surface area (Å²) in [6.07, 6.45) is 9.91. The van der Waals surface area contributed by atoms with Crippen LogP contribution in [0.4, 0.5) is 0 Å². The Hall–Kier alpha value is -0.0800. The average Bonchev–Trinajstić information content (AvgIpc) is 3.12. The van der Waals surface area contributed by atoms with Gasteiger partial charge in [-0.2, -0.15) is 0 Å². The zero-order valence-corrected chi connectivity index (χ0v) is 11.0. The number of rotatable bonds is 6. The van der Waals surface area contributed by atoms with E-state index in [1.54, 1.807) is 0 Å². The van der Waals surface area contributed by atoms with Gasteiger partial charge in [0.1, 0.15) is 0 Å². The summed E-state index contributed by atoms with van der Waals surface area (Å²) in [5.74, 6) is 1.04. The number of hydrogen-bond donors (Lipinski definition) is 1. The molecule has 2 nitrogen and oxygen atoms in total. The Morgan fingerprint density at radius 2 is 2.00 bits per heavy atom. The van der Waals surface area contributed by atoms with Crippen molar-refractivity contribution < 1.29 is 0 Å². The second kappa shape index (κ2) is 6.02. The molecule has 0 aromatic heterocycles. The highest BCUT2D eigenvalue weighted by molar-refractivity contribution is 4.86. The first kappa shape index (κ1) is 12.4. The zero-order chi connectivity index (χ0) is 11.4. The van der Waals surface area contributed by atoms with Crippen molar-refractivity contribution in [2.24, 2.45) is 5.92 Å². The summed E-state index contributed by atoms with van der Waals surface area (Å²) in [7, 11) is 2.12. The lowest BCUT2D eigenvalue weighted by molar-refractivity contribution is 0.135. The van der Waals surface area contributed by atoms with Gasteiger partial charge in [0.05, 0.1) is 0 Å². The molecular weight excluding hydrogens is 196 g/mol. The van der Waals surface area contributed by atoms with Crippen LogP contribution in [-0.4, -0.2) is 37.1 Å². The fourth-order valence-electron chi connectivity index (χ4n) is 3.10. The molecule has 1 N–H and O–H groups in total.